The van der Waals surface area contributed by atoms with Crippen LogP contribution in [0, 0.1) is 11.3 Å². The molecule has 0 spiro atoms. The van der Waals surface area contributed by atoms with Crippen LogP contribution in [0.1, 0.15) is 50.8 Å². The number of ketones is 1. The molecule has 2 N–H and O–H groups in total. The molecule has 0 fully saturated rings. The molecule has 5 rings (SSSR count). The predicted octanol–water partition coefficient (Wildman–Crippen LogP) is 4.74. The van der Waals surface area contributed by atoms with Gasteiger partial charge in [0.1, 0.15) is 5.75 Å². The fraction of sp³-hybridized carbons (Fsp3) is 0.233. The fourth-order valence-corrected chi connectivity index (χ4v) is 5.36. The van der Waals surface area contributed by atoms with E-state index >= 15 is 0 Å². The first-order valence-corrected chi connectivity index (χ1v) is 12.0. The number of imidazole rings is 1. The van der Waals surface area contributed by atoms with Crippen molar-refractivity contribution in [2.45, 2.75) is 37.8 Å². The highest BCUT2D eigenvalue weighted by Crippen LogP contribution is 2.40. The minimum Gasteiger partial charge on any atom is -0.497 e. The number of aromatic nitrogens is 2. The number of benzene rings is 3. The number of fused-ring (bicyclic) bond motifs is 1. The molecule has 1 aliphatic heterocycles. The Labute approximate surface area is 211 Å². The summed E-state index contributed by atoms with van der Waals surface area (Å²) in [5, 5.41) is 13.7. The summed E-state index contributed by atoms with van der Waals surface area (Å²) >= 11 is 0. The van der Waals surface area contributed by atoms with Crippen molar-refractivity contribution in [3.63, 3.8) is 0 Å². The van der Waals surface area contributed by atoms with E-state index in [1.807, 2.05) is 42.6 Å². The number of nitriles is 1. The average molecular weight is 477 g/mol. The van der Waals surface area contributed by atoms with Crippen LogP contribution in [-0.2, 0) is 24.8 Å². The fourth-order valence-electron chi connectivity index (χ4n) is 5.36. The molecule has 4 aromatic rings. The van der Waals surface area contributed by atoms with Gasteiger partial charge in [0.15, 0.2) is 5.78 Å². The van der Waals surface area contributed by atoms with Gasteiger partial charge in [-0.15, -0.1) is 0 Å². The van der Waals surface area contributed by atoms with E-state index < -0.39 is 5.41 Å². The van der Waals surface area contributed by atoms with Crippen LogP contribution in [0.5, 0.6) is 5.75 Å². The molecule has 3 aromatic carbocycles. The van der Waals surface area contributed by atoms with Crippen molar-refractivity contribution in [2.24, 2.45) is 0 Å². The quantitative estimate of drug-likeness (QED) is 0.376. The lowest BCUT2D eigenvalue weighted by Crippen LogP contribution is -2.51. The Bertz CT molecular complexity index is 1440. The van der Waals surface area contributed by atoms with Crippen LogP contribution >= 0.6 is 0 Å². The number of nitrogens with one attached hydrogen (secondary N) is 2. The van der Waals surface area contributed by atoms with Gasteiger partial charge in [-0.1, -0.05) is 48.5 Å². The maximum Gasteiger partial charge on any atom is 0.168 e. The highest BCUT2D eigenvalue weighted by atomic mass is 16.5. The number of carbonyl (C=O) groups excluding carboxylic acids is 1. The molecule has 0 saturated carbocycles. The number of aromatic amines is 1. The Morgan fingerprint density at radius 1 is 1.14 bits per heavy atom. The summed E-state index contributed by atoms with van der Waals surface area (Å²) in [7, 11) is 1.61. The van der Waals surface area contributed by atoms with Gasteiger partial charge >= 0.3 is 0 Å². The lowest BCUT2D eigenvalue weighted by Gasteiger charge is -2.42. The number of carbonyl (C=O) groups is 1. The van der Waals surface area contributed by atoms with Gasteiger partial charge in [-0.25, -0.2) is 4.98 Å². The summed E-state index contributed by atoms with van der Waals surface area (Å²) in [6.07, 6.45) is 4.43. The van der Waals surface area contributed by atoms with Crippen LogP contribution in [0.4, 0.5) is 0 Å². The zero-order chi connectivity index (χ0) is 25.1. The number of hydrogen-bond donors (Lipinski definition) is 2. The van der Waals surface area contributed by atoms with Crippen molar-refractivity contribution in [3.8, 4) is 11.8 Å². The molecular weight excluding hydrogens is 448 g/mol. The maximum atomic E-state index is 13.9. The smallest absolute Gasteiger partial charge is 0.168 e. The number of methoxy groups -OCH3 is 1. The predicted molar refractivity (Wildman–Crippen MR) is 138 cm³/mol. The van der Waals surface area contributed by atoms with E-state index in [2.05, 4.69) is 52.5 Å². The van der Waals surface area contributed by atoms with Crippen LogP contribution in [0.3, 0.4) is 0 Å². The summed E-state index contributed by atoms with van der Waals surface area (Å²) in [4.78, 5) is 21.5. The third-order valence-corrected chi connectivity index (χ3v) is 7.36. The van der Waals surface area contributed by atoms with Crippen LogP contribution in [0.2, 0.25) is 0 Å². The number of rotatable bonds is 7. The Kier molecular flexibility index (Phi) is 6.41. The molecule has 2 heterocycles. The van der Waals surface area contributed by atoms with Gasteiger partial charge in [0.05, 0.1) is 30.5 Å². The van der Waals surface area contributed by atoms with E-state index in [1.165, 1.54) is 11.1 Å². The molecule has 0 saturated heterocycles. The lowest BCUT2D eigenvalue weighted by molar-refractivity contribution is 0.0990. The van der Waals surface area contributed by atoms with Gasteiger partial charge in [0.2, 0.25) is 0 Å². The first-order valence-electron chi connectivity index (χ1n) is 12.0. The Balaban J connectivity index is 1.63. The van der Waals surface area contributed by atoms with Crippen molar-refractivity contribution in [2.75, 3.05) is 7.11 Å². The average Bonchev–Trinajstić information content (AvgIpc) is 3.47. The van der Waals surface area contributed by atoms with Gasteiger partial charge in [0, 0.05) is 36.5 Å². The van der Waals surface area contributed by atoms with Crippen molar-refractivity contribution < 1.29 is 9.53 Å². The molecule has 1 unspecified atom stereocenters. The topological polar surface area (TPSA) is 90.8 Å². The number of nitrogens with zero attached hydrogens (tertiary/aromatic N) is 2. The van der Waals surface area contributed by atoms with E-state index in [0.717, 1.165) is 29.8 Å². The molecule has 0 radical (unpaired) electrons. The molecule has 1 aromatic heterocycles. The summed E-state index contributed by atoms with van der Waals surface area (Å²) in [6, 6.07) is 23.7. The first-order chi connectivity index (χ1) is 17.5. The molecule has 1 aliphatic rings. The Hall–Kier alpha value is -4.21. The standard InChI is InChI=1S/C30H28N4O2/c1-30(28-18-32-19-34-28,27-15-21-8-3-4-9-23(21)17-33-27)25-12-6-10-22(16-31)29(25)26(35)14-20-7-5-11-24(13-20)36-2/h3-13,18-19,27,33H,14-15,17H2,1-2H3,(H,32,34)/t27?,30-/m0/s1. The van der Waals surface area contributed by atoms with E-state index in [-0.39, 0.29) is 18.2 Å². The second-order valence-corrected chi connectivity index (χ2v) is 9.37. The van der Waals surface area contributed by atoms with Gasteiger partial charge in [-0.3, -0.25) is 4.79 Å². The molecule has 0 bridgehead atoms. The van der Waals surface area contributed by atoms with Crippen molar-refractivity contribution in [3.05, 3.63) is 118 Å². The third kappa shape index (κ3) is 4.19. The maximum absolute atomic E-state index is 13.9. The van der Waals surface area contributed by atoms with Gasteiger partial charge in [0.25, 0.3) is 0 Å². The van der Waals surface area contributed by atoms with Crippen molar-refractivity contribution in [1.82, 2.24) is 15.3 Å². The van der Waals surface area contributed by atoms with Gasteiger partial charge in [-0.05, 0) is 53.8 Å². The second kappa shape index (κ2) is 9.80. The van der Waals surface area contributed by atoms with Crippen LogP contribution in [0.25, 0.3) is 0 Å². The van der Waals surface area contributed by atoms with E-state index in [9.17, 15) is 10.1 Å². The molecule has 36 heavy (non-hydrogen) atoms. The molecule has 180 valence electrons. The SMILES string of the molecule is COc1cccc(CC(=O)c2c(C#N)cccc2[C@](C)(c2cnc[nH]2)C2Cc3ccccc3CN2)c1. The number of hydrogen-bond acceptors (Lipinski definition) is 5. The third-order valence-electron chi connectivity index (χ3n) is 7.36. The second-order valence-electron chi connectivity index (χ2n) is 9.37. The van der Waals surface area contributed by atoms with E-state index in [4.69, 9.17) is 4.74 Å². The van der Waals surface area contributed by atoms with Crippen LogP contribution < -0.4 is 10.1 Å². The first kappa shape index (κ1) is 23.5. The minimum absolute atomic E-state index is 0.0230. The summed E-state index contributed by atoms with van der Waals surface area (Å²) in [5.41, 5.74) is 5.30. The molecule has 2 atom stereocenters. The Morgan fingerprint density at radius 2 is 1.94 bits per heavy atom. The summed E-state index contributed by atoms with van der Waals surface area (Å²) < 4.78 is 5.34. The summed E-state index contributed by atoms with van der Waals surface area (Å²) in [6.45, 7) is 2.86. The number of ether oxygens (including phenoxy) is 1. The van der Waals surface area contributed by atoms with Crippen molar-refractivity contribution >= 4 is 5.78 Å². The normalized spacial score (nSPS) is 16.4. The van der Waals surface area contributed by atoms with E-state index in [1.54, 1.807) is 19.5 Å². The Morgan fingerprint density at radius 3 is 2.69 bits per heavy atom. The monoisotopic (exact) mass is 476 g/mol. The number of H-pyrrole nitrogens is 1. The van der Waals surface area contributed by atoms with Crippen LogP contribution in [-0.4, -0.2) is 28.9 Å². The molecule has 6 nitrogen and oxygen atoms in total. The highest BCUT2D eigenvalue weighted by molar-refractivity contribution is 6.01. The molecule has 0 amide bonds. The highest BCUT2D eigenvalue weighted by Gasteiger charge is 2.43. The zero-order valence-corrected chi connectivity index (χ0v) is 20.4. The molecule has 6 heteroatoms. The van der Waals surface area contributed by atoms with Gasteiger partial charge in [-0.2, -0.15) is 5.26 Å². The molecule has 0 aliphatic carbocycles. The van der Waals surface area contributed by atoms with E-state index in [0.29, 0.717) is 16.9 Å². The lowest BCUT2D eigenvalue weighted by atomic mass is 9.67. The molecular formula is C30H28N4O2. The minimum atomic E-state index is -0.643. The largest absolute Gasteiger partial charge is 0.497 e. The zero-order valence-electron chi connectivity index (χ0n) is 20.4. The number of Topliss-reactive ketones (excluding diaryl/α,β-unsaturated/α-hetero) is 1. The van der Waals surface area contributed by atoms with Crippen LogP contribution in [0.15, 0.2) is 79.3 Å². The summed E-state index contributed by atoms with van der Waals surface area (Å²) in [5.74, 6) is 0.596. The van der Waals surface area contributed by atoms with Crippen molar-refractivity contribution in [1.29, 1.82) is 5.26 Å². The van der Waals surface area contributed by atoms with Gasteiger partial charge < -0.3 is 15.0 Å².